The molecule has 1 rings (SSSR count). The predicted octanol–water partition coefficient (Wildman–Crippen LogP) is 2.09. The zero-order valence-electron chi connectivity index (χ0n) is 9.84. The van der Waals surface area contributed by atoms with E-state index < -0.39 is 0 Å². The van der Waals surface area contributed by atoms with Gasteiger partial charge in [0.25, 0.3) is 0 Å². The topological polar surface area (TPSA) is 29.3 Å². The lowest BCUT2D eigenvalue weighted by atomic mass is 10.1. The second kappa shape index (κ2) is 6.41. The molecule has 1 atom stereocenters. The molecular weight excluding hydrogens is 172 g/mol. The van der Waals surface area contributed by atoms with Gasteiger partial charge < -0.3 is 10.6 Å². The van der Waals surface area contributed by atoms with E-state index in [1.54, 1.807) is 0 Å². The fourth-order valence-electron chi connectivity index (χ4n) is 1.83. The van der Waals surface area contributed by atoms with Crippen LogP contribution in [0.4, 0.5) is 0 Å². The van der Waals surface area contributed by atoms with Crippen molar-refractivity contribution in [1.82, 2.24) is 4.90 Å². The molecule has 0 amide bonds. The molecule has 0 saturated heterocycles. The standard InChI is InChI=1S/C12H26N2/c1-3-14(10-12-6-7-12)8-4-5-11(2)9-13/h11-12H,3-10,13H2,1-2H3. The Bertz CT molecular complexity index is 143. The summed E-state index contributed by atoms with van der Waals surface area (Å²) >= 11 is 0. The molecule has 84 valence electrons. The molecule has 0 heterocycles. The van der Waals surface area contributed by atoms with Crippen molar-refractivity contribution in [2.45, 2.75) is 39.5 Å². The number of rotatable bonds is 8. The lowest BCUT2D eigenvalue weighted by molar-refractivity contribution is 0.265. The van der Waals surface area contributed by atoms with Crippen molar-refractivity contribution in [2.75, 3.05) is 26.2 Å². The van der Waals surface area contributed by atoms with Crippen LogP contribution >= 0.6 is 0 Å². The number of hydrogen-bond acceptors (Lipinski definition) is 2. The molecule has 0 radical (unpaired) electrons. The van der Waals surface area contributed by atoms with Crippen molar-refractivity contribution in [3.8, 4) is 0 Å². The van der Waals surface area contributed by atoms with Crippen LogP contribution in [0.25, 0.3) is 0 Å². The van der Waals surface area contributed by atoms with Crippen molar-refractivity contribution in [2.24, 2.45) is 17.6 Å². The van der Waals surface area contributed by atoms with E-state index >= 15 is 0 Å². The minimum absolute atomic E-state index is 0.703. The first-order chi connectivity index (χ1) is 6.76. The first kappa shape index (κ1) is 12.0. The van der Waals surface area contributed by atoms with Gasteiger partial charge in [0, 0.05) is 6.54 Å². The van der Waals surface area contributed by atoms with Crippen LogP contribution in [0.1, 0.15) is 39.5 Å². The van der Waals surface area contributed by atoms with Crippen LogP contribution in [0.15, 0.2) is 0 Å². The Hall–Kier alpha value is -0.0800. The van der Waals surface area contributed by atoms with Crippen LogP contribution in [0.3, 0.4) is 0 Å². The zero-order valence-corrected chi connectivity index (χ0v) is 9.84. The van der Waals surface area contributed by atoms with Crippen LogP contribution < -0.4 is 5.73 Å². The SMILES string of the molecule is CCN(CCCC(C)CN)CC1CC1. The molecule has 2 heteroatoms. The van der Waals surface area contributed by atoms with Crippen LogP contribution in [-0.2, 0) is 0 Å². The number of hydrogen-bond donors (Lipinski definition) is 1. The molecule has 0 aromatic carbocycles. The van der Waals surface area contributed by atoms with Crippen molar-refractivity contribution in [3.63, 3.8) is 0 Å². The summed E-state index contributed by atoms with van der Waals surface area (Å²) in [7, 11) is 0. The van der Waals surface area contributed by atoms with Gasteiger partial charge in [-0.25, -0.2) is 0 Å². The van der Waals surface area contributed by atoms with E-state index in [0.717, 1.165) is 12.5 Å². The molecule has 1 fully saturated rings. The van der Waals surface area contributed by atoms with Gasteiger partial charge in [-0.05, 0) is 57.2 Å². The fraction of sp³-hybridized carbons (Fsp3) is 1.00. The monoisotopic (exact) mass is 198 g/mol. The lowest BCUT2D eigenvalue weighted by Crippen LogP contribution is -2.27. The minimum Gasteiger partial charge on any atom is -0.330 e. The Morgan fingerprint density at radius 1 is 1.43 bits per heavy atom. The summed E-state index contributed by atoms with van der Waals surface area (Å²) in [5, 5.41) is 0. The van der Waals surface area contributed by atoms with E-state index in [2.05, 4.69) is 18.7 Å². The molecule has 0 spiro atoms. The molecule has 1 unspecified atom stereocenters. The summed E-state index contributed by atoms with van der Waals surface area (Å²) in [6.07, 6.45) is 5.54. The lowest BCUT2D eigenvalue weighted by Gasteiger charge is -2.20. The first-order valence-corrected chi connectivity index (χ1v) is 6.18. The maximum atomic E-state index is 5.60. The summed E-state index contributed by atoms with van der Waals surface area (Å²) in [6, 6.07) is 0. The second-order valence-corrected chi connectivity index (χ2v) is 4.82. The average Bonchev–Trinajstić information content (AvgIpc) is 2.99. The van der Waals surface area contributed by atoms with Crippen molar-refractivity contribution >= 4 is 0 Å². The van der Waals surface area contributed by atoms with Crippen molar-refractivity contribution in [3.05, 3.63) is 0 Å². The van der Waals surface area contributed by atoms with Gasteiger partial charge in [-0.2, -0.15) is 0 Å². The van der Waals surface area contributed by atoms with Gasteiger partial charge in [0.2, 0.25) is 0 Å². The van der Waals surface area contributed by atoms with Gasteiger partial charge in [0.05, 0.1) is 0 Å². The molecule has 0 aromatic heterocycles. The molecule has 1 aliphatic rings. The highest BCUT2D eigenvalue weighted by Gasteiger charge is 2.23. The summed E-state index contributed by atoms with van der Waals surface area (Å²) in [6.45, 7) is 9.19. The molecule has 14 heavy (non-hydrogen) atoms. The Morgan fingerprint density at radius 3 is 2.64 bits per heavy atom. The molecule has 0 bridgehead atoms. The fourth-order valence-corrected chi connectivity index (χ4v) is 1.83. The summed E-state index contributed by atoms with van der Waals surface area (Å²) in [5.41, 5.74) is 5.60. The molecule has 0 aromatic rings. The maximum Gasteiger partial charge on any atom is 0.000954 e. The largest absolute Gasteiger partial charge is 0.330 e. The van der Waals surface area contributed by atoms with Gasteiger partial charge in [-0.1, -0.05) is 13.8 Å². The molecule has 2 nitrogen and oxygen atoms in total. The Labute approximate surface area is 88.8 Å². The van der Waals surface area contributed by atoms with Gasteiger partial charge >= 0.3 is 0 Å². The molecule has 1 saturated carbocycles. The van der Waals surface area contributed by atoms with E-state index in [9.17, 15) is 0 Å². The second-order valence-electron chi connectivity index (χ2n) is 4.82. The quantitative estimate of drug-likeness (QED) is 0.647. The van der Waals surface area contributed by atoms with Gasteiger partial charge in [0.1, 0.15) is 0 Å². The van der Waals surface area contributed by atoms with Crippen LogP contribution in [-0.4, -0.2) is 31.1 Å². The summed E-state index contributed by atoms with van der Waals surface area (Å²) in [4.78, 5) is 2.60. The smallest absolute Gasteiger partial charge is 0.000954 e. The van der Waals surface area contributed by atoms with Crippen LogP contribution in [0.2, 0.25) is 0 Å². The Kier molecular flexibility index (Phi) is 5.49. The van der Waals surface area contributed by atoms with Gasteiger partial charge in [-0.3, -0.25) is 0 Å². The average molecular weight is 198 g/mol. The zero-order chi connectivity index (χ0) is 10.4. The van der Waals surface area contributed by atoms with Crippen molar-refractivity contribution < 1.29 is 0 Å². The van der Waals surface area contributed by atoms with Gasteiger partial charge in [-0.15, -0.1) is 0 Å². The van der Waals surface area contributed by atoms with Crippen LogP contribution in [0, 0.1) is 11.8 Å². The van der Waals surface area contributed by atoms with E-state index in [0.29, 0.717) is 5.92 Å². The summed E-state index contributed by atoms with van der Waals surface area (Å²) < 4.78 is 0. The van der Waals surface area contributed by atoms with Crippen molar-refractivity contribution in [1.29, 1.82) is 0 Å². The van der Waals surface area contributed by atoms with E-state index in [4.69, 9.17) is 5.73 Å². The third-order valence-corrected chi connectivity index (χ3v) is 3.23. The molecule has 1 aliphatic carbocycles. The highest BCUT2D eigenvalue weighted by atomic mass is 15.1. The highest BCUT2D eigenvalue weighted by molar-refractivity contribution is 4.76. The third-order valence-electron chi connectivity index (χ3n) is 3.23. The predicted molar refractivity (Wildman–Crippen MR) is 62.3 cm³/mol. The minimum atomic E-state index is 0.703. The van der Waals surface area contributed by atoms with Gasteiger partial charge in [0.15, 0.2) is 0 Å². The number of nitrogens with zero attached hydrogens (tertiary/aromatic N) is 1. The Morgan fingerprint density at radius 2 is 2.14 bits per heavy atom. The molecular formula is C12H26N2. The highest BCUT2D eigenvalue weighted by Crippen LogP contribution is 2.29. The summed E-state index contributed by atoms with van der Waals surface area (Å²) in [5.74, 6) is 1.73. The molecule has 2 N–H and O–H groups in total. The maximum absolute atomic E-state index is 5.60. The van der Waals surface area contributed by atoms with E-state index in [1.165, 1.54) is 45.3 Å². The number of nitrogens with two attached hydrogens (primary N) is 1. The van der Waals surface area contributed by atoms with E-state index in [1.807, 2.05) is 0 Å². The normalized spacial score (nSPS) is 18.9. The first-order valence-electron chi connectivity index (χ1n) is 6.18. The third kappa shape index (κ3) is 4.97. The Balaban J connectivity index is 2.01. The van der Waals surface area contributed by atoms with E-state index in [-0.39, 0.29) is 0 Å². The van der Waals surface area contributed by atoms with Crippen LogP contribution in [0.5, 0.6) is 0 Å². The molecule has 0 aliphatic heterocycles.